The van der Waals surface area contributed by atoms with Gasteiger partial charge in [0.2, 0.25) is 0 Å². The van der Waals surface area contributed by atoms with Crippen LogP contribution in [0, 0.1) is 5.41 Å². The zero-order chi connectivity index (χ0) is 18.0. The summed E-state index contributed by atoms with van der Waals surface area (Å²) in [5, 5.41) is 0. The molecule has 2 aliphatic heterocycles. The monoisotopic (exact) mass is 368 g/mol. The Hall–Kier alpha value is -1.49. The van der Waals surface area contributed by atoms with Gasteiger partial charge in [0.15, 0.2) is 0 Å². The van der Waals surface area contributed by atoms with Gasteiger partial charge in [-0.3, -0.25) is 0 Å². The molecule has 1 fully saturated rings. The number of hydrogen-bond acceptors (Lipinski definition) is 4. The number of rotatable bonds is 6. The molecule has 0 saturated carbocycles. The van der Waals surface area contributed by atoms with Crippen molar-refractivity contribution in [1.29, 1.82) is 0 Å². The van der Waals surface area contributed by atoms with Crippen molar-refractivity contribution in [3.8, 4) is 0 Å². The second-order valence-corrected chi connectivity index (χ2v) is 8.57. The van der Waals surface area contributed by atoms with Gasteiger partial charge in [0.25, 0.3) is 0 Å². The van der Waals surface area contributed by atoms with E-state index >= 15 is 0 Å². The molecule has 0 aromatic heterocycles. The van der Waals surface area contributed by atoms with E-state index in [2.05, 4.69) is 65.3 Å². The van der Waals surface area contributed by atoms with Gasteiger partial charge in [0, 0.05) is 42.0 Å². The van der Waals surface area contributed by atoms with Crippen LogP contribution in [-0.4, -0.2) is 44.8 Å². The first-order chi connectivity index (χ1) is 12.7. The van der Waals surface area contributed by atoms with E-state index in [0.29, 0.717) is 0 Å². The molecule has 0 amide bonds. The molecule has 4 rings (SSSR count). The minimum Gasteiger partial charge on any atom is -0.385 e. The van der Waals surface area contributed by atoms with Crippen LogP contribution in [0.2, 0.25) is 0 Å². The lowest BCUT2D eigenvalue weighted by Gasteiger charge is -2.40. The fourth-order valence-electron chi connectivity index (χ4n) is 4.32. The molecule has 0 aliphatic carbocycles. The first kappa shape index (κ1) is 17.9. The predicted octanol–water partition coefficient (Wildman–Crippen LogP) is 5.04. The van der Waals surface area contributed by atoms with Crippen LogP contribution in [0.15, 0.2) is 58.3 Å². The van der Waals surface area contributed by atoms with Crippen molar-refractivity contribution >= 4 is 23.1 Å². The van der Waals surface area contributed by atoms with E-state index in [9.17, 15) is 0 Å². The van der Waals surface area contributed by atoms with Crippen molar-refractivity contribution in [2.24, 2.45) is 5.41 Å². The summed E-state index contributed by atoms with van der Waals surface area (Å²) in [6.45, 7) is 7.67. The summed E-state index contributed by atoms with van der Waals surface area (Å²) in [5.74, 6) is 0. The molecule has 4 heteroatoms. The van der Waals surface area contributed by atoms with Gasteiger partial charge < -0.3 is 14.5 Å². The van der Waals surface area contributed by atoms with Gasteiger partial charge in [-0.2, -0.15) is 0 Å². The largest absolute Gasteiger partial charge is 0.385 e. The Labute approximate surface area is 161 Å². The number of benzene rings is 2. The molecule has 0 radical (unpaired) electrons. The molecule has 1 atom stereocenters. The Kier molecular flexibility index (Phi) is 5.25. The molecule has 2 aromatic carbocycles. The van der Waals surface area contributed by atoms with E-state index in [1.54, 1.807) is 0 Å². The number of para-hydroxylation sites is 2. The fourth-order valence-corrected chi connectivity index (χ4v) is 5.41. The number of likely N-dealkylation sites (tertiary alicyclic amines) is 1. The number of anilines is 2. The molecule has 1 unspecified atom stereocenters. The quantitative estimate of drug-likeness (QED) is 0.710. The zero-order valence-corrected chi connectivity index (χ0v) is 16.6. The molecule has 0 N–H and O–H groups in total. The standard InChI is InChI=1S/C22H28N2OS/c1-3-23-14-12-22(16-23,13-15-25-2)17-24-18-8-4-6-10-20(18)26-21-11-7-5-9-19(21)24/h4-11H,3,12-17H2,1-2H3. The van der Waals surface area contributed by atoms with Crippen molar-refractivity contribution < 1.29 is 4.74 Å². The fraction of sp³-hybridized carbons (Fsp3) is 0.455. The average molecular weight is 369 g/mol. The molecular formula is C22H28N2OS. The average Bonchev–Trinajstić information content (AvgIpc) is 3.10. The second kappa shape index (κ2) is 7.63. The summed E-state index contributed by atoms with van der Waals surface area (Å²) < 4.78 is 5.48. The summed E-state index contributed by atoms with van der Waals surface area (Å²) in [4.78, 5) is 7.87. The summed E-state index contributed by atoms with van der Waals surface area (Å²) in [6, 6.07) is 17.7. The van der Waals surface area contributed by atoms with E-state index in [-0.39, 0.29) is 5.41 Å². The highest BCUT2D eigenvalue weighted by molar-refractivity contribution is 7.99. The maximum absolute atomic E-state index is 5.48. The Bertz CT molecular complexity index is 720. The van der Waals surface area contributed by atoms with Gasteiger partial charge in [-0.1, -0.05) is 43.0 Å². The summed E-state index contributed by atoms with van der Waals surface area (Å²) in [5.41, 5.74) is 2.99. The lowest BCUT2D eigenvalue weighted by atomic mass is 9.82. The topological polar surface area (TPSA) is 15.7 Å². The van der Waals surface area contributed by atoms with Crippen molar-refractivity contribution in [3.05, 3.63) is 48.5 Å². The van der Waals surface area contributed by atoms with Crippen molar-refractivity contribution in [2.75, 3.05) is 44.8 Å². The van der Waals surface area contributed by atoms with Crippen LogP contribution >= 0.6 is 11.8 Å². The number of methoxy groups -OCH3 is 1. The Morgan fingerprint density at radius 3 is 2.27 bits per heavy atom. The summed E-state index contributed by atoms with van der Waals surface area (Å²) in [7, 11) is 1.82. The number of fused-ring (bicyclic) bond motifs is 2. The smallest absolute Gasteiger partial charge is 0.0553 e. The Morgan fingerprint density at radius 1 is 1.04 bits per heavy atom. The Morgan fingerprint density at radius 2 is 1.69 bits per heavy atom. The first-order valence-electron chi connectivity index (χ1n) is 9.59. The SMILES string of the molecule is CCN1CCC(CCOC)(CN2c3ccccc3Sc3ccccc32)C1. The maximum Gasteiger partial charge on any atom is 0.0553 e. The molecular weight excluding hydrogens is 340 g/mol. The molecule has 138 valence electrons. The van der Waals surface area contributed by atoms with E-state index in [4.69, 9.17) is 4.74 Å². The van der Waals surface area contributed by atoms with Gasteiger partial charge in [-0.05, 0) is 50.2 Å². The summed E-state index contributed by atoms with van der Waals surface area (Å²) in [6.07, 6.45) is 2.37. The molecule has 0 spiro atoms. The van der Waals surface area contributed by atoms with Crippen LogP contribution in [0.25, 0.3) is 0 Å². The predicted molar refractivity (Wildman–Crippen MR) is 110 cm³/mol. The molecule has 2 heterocycles. The highest BCUT2D eigenvalue weighted by atomic mass is 32.2. The molecule has 3 nitrogen and oxygen atoms in total. The van der Waals surface area contributed by atoms with Crippen molar-refractivity contribution in [1.82, 2.24) is 4.90 Å². The normalized spacial score (nSPS) is 22.3. The lowest BCUT2D eigenvalue weighted by molar-refractivity contribution is 0.139. The number of nitrogens with zero attached hydrogens (tertiary/aromatic N) is 2. The zero-order valence-electron chi connectivity index (χ0n) is 15.8. The number of ether oxygens (including phenoxy) is 1. The molecule has 0 bridgehead atoms. The highest BCUT2D eigenvalue weighted by Crippen LogP contribution is 2.50. The Balaban J connectivity index is 1.70. The van der Waals surface area contributed by atoms with Gasteiger partial charge in [-0.25, -0.2) is 0 Å². The van der Waals surface area contributed by atoms with Gasteiger partial charge in [-0.15, -0.1) is 0 Å². The van der Waals surface area contributed by atoms with Crippen molar-refractivity contribution in [2.45, 2.75) is 29.6 Å². The highest BCUT2D eigenvalue weighted by Gasteiger charge is 2.40. The lowest BCUT2D eigenvalue weighted by Crippen LogP contribution is -2.39. The van der Waals surface area contributed by atoms with Gasteiger partial charge in [0.05, 0.1) is 11.4 Å². The third kappa shape index (κ3) is 3.38. The molecule has 2 aromatic rings. The van der Waals surface area contributed by atoms with Gasteiger partial charge in [0.1, 0.15) is 0 Å². The van der Waals surface area contributed by atoms with E-state index in [1.807, 2.05) is 18.9 Å². The van der Waals surface area contributed by atoms with Crippen LogP contribution in [-0.2, 0) is 4.74 Å². The third-order valence-corrected chi connectivity index (χ3v) is 6.96. The summed E-state index contributed by atoms with van der Waals surface area (Å²) >= 11 is 1.89. The second-order valence-electron chi connectivity index (χ2n) is 7.49. The minimum absolute atomic E-state index is 0.286. The van der Waals surface area contributed by atoms with Crippen LogP contribution < -0.4 is 4.90 Å². The van der Waals surface area contributed by atoms with Crippen molar-refractivity contribution in [3.63, 3.8) is 0 Å². The minimum atomic E-state index is 0.286. The van der Waals surface area contributed by atoms with E-state index < -0.39 is 0 Å². The van der Waals surface area contributed by atoms with E-state index in [0.717, 1.165) is 26.1 Å². The van der Waals surface area contributed by atoms with E-state index in [1.165, 1.54) is 40.7 Å². The molecule has 1 saturated heterocycles. The van der Waals surface area contributed by atoms with Crippen LogP contribution in [0.4, 0.5) is 11.4 Å². The molecule has 26 heavy (non-hydrogen) atoms. The number of hydrogen-bond donors (Lipinski definition) is 0. The van der Waals surface area contributed by atoms with Gasteiger partial charge >= 0.3 is 0 Å². The van der Waals surface area contributed by atoms with Crippen LogP contribution in [0.3, 0.4) is 0 Å². The van der Waals surface area contributed by atoms with Crippen LogP contribution in [0.5, 0.6) is 0 Å². The molecule has 2 aliphatic rings. The first-order valence-corrected chi connectivity index (χ1v) is 10.4. The maximum atomic E-state index is 5.48. The third-order valence-electron chi connectivity index (χ3n) is 5.83. The van der Waals surface area contributed by atoms with Crippen LogP contribution in [0.1, 0.15) is 19.8 Å².